The van der Waals surface area contributed by atoms with Gasteiger partial charge in [0, 0.05) is 29.8 Å². The number of ether oxygens (including phenoxy) is 1. The molecular formula is C21H22N6O6P+. The summed E-state index contributed by atoms with van der Waals surface area (Å²) in [7, 11) is -2.73. The quantitative estimate of drug-likeness (QED) is 0.241. The SMILES string of the molecule is CCOCCn1cc(NC(=O)c2ccc(-c3cnn(CO[P+](=O)O)c3)o2)c(-c2ccccn2)n1. The molecule has 0 fully saturated rings. The molecule has 0 bridgehead atoms. The Bertz CT molecular complexity index is 1270. The van der Waals surface area contributed by atoms with Crippen LogP contribution < -0.4 is 5.32 Å². The molecule has 0 radical (unpaired) electrons. The number of nitrogens with zero attached hydrogens (tertiary/aromatic N) is 5. The van der Waals surface area contributed by atoms with E-state index in [1.54, 1.807) is 41.5 Å². The van der Waals surface area contributed by atoms with Crippen LogP contribution in [0.5, 0.6) is 0 Å². The normalized spacial score (nSPS) is 11.5. The van der Waals surface area contributed by atoms with Gasteiger partial charge in [0.15, 0.2) is 12.5 Å². The Kier molecular flexibility index (Phi) is 7.55. The van der Waals surface area contributed by atoms with Crippen LogP contribution in [0.15, 0.2) is 59.5 Å². The van der Waals surface area contributed by atoms with E-state index in [2.05, 4.69) is 25.0 Å². The van der Waals surface area contributed by atoms with Crippen LogP contribution in [0.25, 0.3) is 22.7 Å². The molecule has 0 aliphatic heterocycles. The zero-order valence-corrected chi connectivity index (χ0v) is 19.1. The van der Waals surface area contributed by atoms with Crippen LogP contribution in [0.2, 0.25) is 0 Å². The summed E-state index contributed by atoms with van der Waals surface area (Å²) in [5.41, 5.74) is 2.21. The van der Waals surface area contributed by atoms with Gasteiger partial charge in [-0.2, -0.15) is 10.2 Å². The van der Waals surface area contributed by atoms with Crippen molar-refractivity contribution in [3.8, 4) is 22.7 Å². The summed E-state index contributed by atoms with van der Waals surface area (Å²) in [6, 6.07) is 8.63. The van der Waals surface area contributed by atoms with Crippen molar-refractivity contribution in [3.63, 3.8) is 0 Å². The van der Waals surface area contributed by atoms with Gasteiger partial charge >= 0.3 is 8.25 Å². The van der Waals surface area contributed by atoms with Gasteiger partial charge in [0.2, 0.25) is 0 Å². The highest BCUT2D eigenvalue weighted by molar-refractivity contribution is 7.32. The highest BCUT2D eigenvalue weighted by atomic mass is 31.1. The number of aromatic nitrogens is 5. The summed E-state index contributed by atoms with van der Waals surface area (Å²) in [5.74, 6) is 0.0365. The molecule has 0 aromatic carbocycles. The minimum Gasteiger partial charge on any atom is -0.451 e. The zero-order chi connectivity index (χ0) is 23.9. The Morgan fingerprint density at radius 1 is 1.24 bits per heavy atom. The third-order valence-corrected chi connectivity index (χ3v) is 4.97. The summed E-state index contributed by atoms with van der Waals surface area (Å²) < 4.78 is 29.4. The van der Waals surface area contributed by atoms with Gasteiger partial charge < -0.3 is 14.5 Å². The molecule has 4 heterocycles. The summed E-state index contributed by atoms with van der Waals surface area (Å²) in [6.07, 6.45) is 6.45. The van der Waals surface area contributed by atoms with Crippen LogP contribution in [-0.4, -0.2) is 48.6 Å². The third kappa shape index (κ3) is 5.80. The first-order chi connectivity index (χ1) is 16.5. The second kappa shape index (κ2) is 10.9. The zero-order valence-electron chi connectivity index (χ0n) is 18.2. The minimum absolute atomic E-state index is 0.0893. The van der Waals surface area contributed by atoms with Gasteiger partial charge in [0.25, 0.3) is 5.91 Å². The number of furan rings is 1. The molecule has 4 aromatic heterocycles. The van der Waals surface area contributed by atoms with Crippen LogP contribution in [0, 0.1) is 0 Å². The van der Waals surface area contributed by atoms with Gasteiger partial charge in [-0.25, -0.2) is 4.68 Å². The standard InChI is InChI=1S/C21H21N6O6P/c1-2-31-10-9-26-13-17(20(25-26)16-5-3-4-8-22-16)24-21(28)19-7-6-18(33-19)15-11-23-27(12-15)14-32-34(29)30/h3-8,11-13H,2,9-10,14H2,1H3,(H-,24,28,29,30)/p+1. The Hall–Kier alpha value is -3.70. The fourth-order valence-corrected chi connectivity index (χ4v) is 3.31. The van der Waals surface area contributed by atoms with Crippen molar-refractivity contribution >= 4 is 19.8 Å². The van der Waals surface area contributed by atoms with Gasteiger partial charge in [-0.15, -0.1) is 4.89 Å². The third-order valence-electron chi connectivity index (χ3n) is 4.63. The summed E-state index contributed by atoms with van der Waals surface area (Å²) >= 11 is 0. The van der Waals surface area contributed by atoms with E-state index in [0.717, 1.165) is 0 Å². The lowest BCUT2D eigenvalue weighted by Gasteiger charge is -2.03. The molecule has 4 rings (SSSR count). The molecule has 0 saturated heterocycles. The van der Waals surface area contributed by atoms with E-state index >= 15 is 0 Å². The van der Waals surface area contributed by atoms with Gasteiger partial charge in [0.05, 0.1) is 36.3 Å². The Morgan fingerprint density at radius 2 is 2.12 bits per heavy atom. The highest BCUT2D eigenvalue weighted by Crippen LogP contribution is 2.27. The van der Waals surface area contributed by atoms with E-state index in [-0.39, 0.29) is 12.5 Å². The van der Waals surface area contributed by atoms with Crippen molar-refractivity contribution in [2.75, 3.05) is 18.5 Å². The number of carbonyl (C=O) groups is 1. The predicted octanol–water partition coefficient (Wildman–Crippen LogP) is 3.31. The van der Waals surface area contributed by atoms with Crippen molar-refractivity contribution in [2.45, 2.75) is 20.2 Å². The maximum absolute atomic E-state index is 12.9. The first-order valence-electron chi connectivity index (χ1n) is 10.3. The molecule has 2 N–H and O–H groups in total. The molecule has 1 atom stereocenters. The minimum atomic E-state index is -2.73. The molecule has 34 heavy (non-hydrogen) atoms. The molecule has 12 nitrogen and oxygen atoms in total. The van der Waals surface area contributed by atoms with E-state index in [9.17, 15) is 9.36 Å². The summed E-state index contributed by atoms with van der Waals surface area (Å²) in [4.78, 5) is 26.0. The van der Waals surface area contributed by atoms with E-state index in [1.165, 1.54) is 10.9 Å². The second-order valence-electron chi connectivity index (χ2n) is 6.95. The maximum atomic E-state index is 12.9. The molecule has 176 valence electrons. The number of amides is 1. The second-order valence-corrected chi connectivity index (χ2v) is 7.68. The fraction of sp³-hybridized carbons (Fsp3) is 0.238. The van der Waals surface area contributed by atoms with E-state index < -0.39 is 14.2 Å². The fourth-order valence-electron chi connectivity index (χ4n) is 3.09. The van der Waals surface area contributed by atoms with Gasteiger partial charge in [-0.3, -0.25) is 14.5 Å². The van der Waals surface area contributed by atoms with Crippen molar-refractivity contribution in [2.24, 2.45) is 0 Å². The predicted molar refractivity (Wildman–Crippen MR) is 121 cm³/mol. The monoisotopic (exact) mass is 485 g/mol. The van der Waals surface area contributed by atoms with E-state index in [1.807, 2.05) is 19.1 Å². The Labute approximate surface area is 195 Å². The van der Waals surface area contributed by atoms with Gasteiger partial charge in [-0.05, 0) is 31.2 Å². The Morgan fingerprint density at radius 3 is 2.88 bits per heavy atom. The lowest BCUT2D eigenvalue weighted by molar-refractivity contribution is 0.0997. The van der Waals surface area contributed by atoms with Crippen molar-refractivity contribution in [1.82, 2.24) is 24.5 Å². The van der Waals surface area contributed by atoms with E-state index in [0.29, 0.717) is 48.2 Å². The summed E-state index contributed by atoms with van der Waals surface area (Å²) in [5, 5.41) is 11.4. The van der Waals surface area contributed by atoms with Crippen LogP contribution in [0.3, 0.4) is 0 Å². The lowest BCUT2D eigenvalue weighted by atomic mass is 10.2. The molecule has 0 aliphatic carbocycles. The molecule has 13 heteroatoms. The van der Waals surface area contributed by atoms with Crippen molar-refractivity contribution in [1.29, 1.82) is 0 Å². The van der Waals surface area contributed by atoms with E-state index in [4.69, 9.17) is 14.0 Å². The average Bonchev–Trinajstić information content (AvgIpc) is 3.58. The molecule has 0 aliphatic rings. The number of carbonyl (C=O) groups excluding carboxylic acids is 1. The molecule has 0 spiro atoms. The number of pyridine rings is 1. The van der Waals surface area contributed by atoms with Gasteiger partial charge in [-0.1, -0.05) is 10.6 Å². The van der Waals surface area contributed by atoms with Crippen molar-refractivity contribution < 1.29 is 27.9 Å². The number of anilines is 1. The maximum Gasteiger partial charge on any atom is 0.696 e. The number of nitrogens with one attached hydrogen (secondary N) is 1. The molecule has 0 saturated carbocycles. The average molecular weight is 485 g/mol. The Balaban J connectivity index is 1.50. The topological polar surface area (TPSA) is 147 Å². The summed E-state index contributed by atoms with van der Waals surface area (Å²) in [6.45, 7) is 3.34. The number of hydrogen-bond acceptors (Lipinski definition) is 8. The molecule has 4 aromatic rings. The van der Waals surface area contributed by atoms with Crippen LogP contribution in [0.1, 0.15) is 17.5 Å². The first-order valence-corrected chi connectivity index (χ1v) is 11.5. The number of rotatable bonds is 11. The molecule has 1 unspecified atom stereocenters. The van der Waals surface area contributed by atoms with Gasteiger partial charge in [0.1, 0.15) is 11.5 Å². The molecular weight excluding hydrogens is 463 g/mol. The van der Waals surface area contributed by atoms with Crippen LogP contribution in [0.4, 0.5) is 5.69 Å². The molecule has 1 amide bonds. The largest absolute Gasteiger partial charge is 0.696 e. The number of hydrogen-bond donors (Lipinski definition) is 2. The van der Waals surface area contributed by atoms with Crippen molar-refractivity contribution in [3.05, 3.63) is 60.9 Å². The van der Waals surface area contributed by atoms with Crippen LogP contribution >= 0.6 is 8.25 Å². The lowest BCUT2D eigenvalue weighted by Crippen LogP contribution is -2.11. The first kappa shape index (κ1) is 23.5. The smallest absolute Gasteiger partial charge is 0.451 e. The van der Waals surface area contributed by atoms with Crippen LogP contribution in [-0.2, 0) is 27.1 Å². The highest BCUT2D eigenvalue weighted by Gasteiger charge is 2.19.